The van der Waals surface area contributed by atoms with E-state index in [-0.39, 0.29) is 6.03 Å². The molecule has 42 heavy (non-hydrogen) atoms. The SMILES string of the molecule is CCCCCCCCCCCCCCCCCCN(C)C(=O)N(C)CCCCCCCCCCCCCCCCCC. The lowest BCUT2D eigenvalue weighted by atomic mass is 10.0. The highest BCUT2D eigenvalue weighted by molar-refractivity contribution is 5.73. The smallest absolute Gasteiger partial charge is 0.319 e. The van der Waals surface area contributed by atoms with Crippen molar-refractivity contribution in [1.82, 2.24) is 9.80 Å². The van der Waals surface area contributed by atoms with Crippen molar-refractivity contribution < 1.29 is 4.79 Å². The lowest BCUT2D eigenvalue weighted by Gasteiger charge is -2.25. The van der Waals surface area contributed by atoms with E-state index in [0.29, 0.717) is 0 Å². The van der Waals surface area contributed by atoms with E-state index < -0.39 is 0 Å². The largest absolute Gasteiger partial charge is 0.328 e. The van der Waals surface area contributed by atoms with E-state index in [0.717, 1.165) is 25.9 Å². The number of carbonyl (C=O) groups is 1. The van der Waals surface area contributed by atoms with Gasteiger partial charge >= 0.3 is 6.03 Å². The molecular formula is C39H80N2O. The Kier molecular flexibility index (Phi) is 34.2. The van der Waals surface area contributed by atoms with E-state index in [1.165, 1.54) is 193 Å². The van der Waals surface area contributed by atoms with Gasteiger partial charge in [-0.05, 0) is 12.8 Å². The lowest BCUT2D eigenvalue weighted by molar-refractivity contribution is 0.171. The zero-order valence-electron chi connectivity index (χ0n) is 29.8. The molecule has 0 spiro atoms. The monoisotopic (exact) mass is 593 g/mol. The minimum atomic E-state index is 0.205. The standard InChI is InChI=1S/C39H80N2O/c1-5-7-9-11-13-15-17-19-21-23-25-27-29-31-33-35-37-40(3)39(42)41(4)38-36-34-32-30-28-26-24-22-20-18-16-14-12-10-8-6-2/h5-38H2,1-4H3. The molecule has 0 aliphatic heterocycles. The molecule has 0 saturated carbocycles. The minimum Gasteiger partial charge on any atom is -0.328 e. The first kappa shape index (κ1) is 41.3. The molecular weight excluding hydrogens is 512 g/mol. The highest BCUT2D eigenvalue weighted by atomic mass is 16.2. The average Bonchev–Trinajstić information content (AvgIpc) is 3.00. The number of hydrogen-bond acceptors (Lipinski definition) is 1. The second-order valence-corrected chi connectivity index (χ2v) is 13.7. The average molecular weight is 593 g/mol. The summed E-state index contributed by atoms with van der Waals surface area (Å²) in [6.45, 7) is 6.40. The fourth-order valence-corrected chi connectivity index (χ4v) is 6.28. The Hall–Kier alpha value is -0.730. The van der Waals surface area contributed by atoms with E-state index in [1.54, 1.807) is 0 Å². The zero-order chi connectivity index (χ0) is 30.8. The number of unbranched alkanes of at least 4 members (excludes halogenated alkanes) is 30. The van der Waals surface area contributed by atoms with Gasteiger partial charge in [0.2, 0.25) is 0 Å². The summed E-state index contributed by atoms with van der Waals surface area (Å²) in [5.41, 5.74) is 0. The zero-order valence-corrected chi connectivity index (χ0v) is 29.8. The van der Waals surface area contributed by atoms with Gasteiger partial charge in [-0.1, -0.05) is 206 Å². The van der Waals surface area contributed by atoms with E-state index in [1.807, 2.05) is 23.9 Å². The van der Waals surface area contributed by atoms with Crippen LogP contribution in [0.25, 0.3) is 0 Å². The van der Waals surface area contributed by atoms with Gasteiger partial charge in [-0.2, -0.15) is 0 Å². The molecule has 0 atom stereocenters. The number of hydrogen-bond donors (Lipinski definition) is 0. The van der Waals surface area contributed by atoms with Crippen molar-refractivity contribution in [2.45, 2.75) is 219 Å². The van der Waals surface area contributed by atoms with Crippen molar-refractivity contribution >= 4 is 6.03 Å². The van der Waals surface area contributed by atoms with Gasteiger partial charge in [0, 0.05) is 27.2 Å². The van der Waals surface area contributed by atoms with Crippen LogP contribution >= 0.6 is 0 Å². The molecule has 0 rings (SSSR count). The summed E-state index contributed by atoms with van der Waals surface area (Å²) in [6, 6.07) is 0.205. The fourth-order valence-electron chi connectivity index (χ4n) is 6.28. The molecule has 0 bridgehead atoms. The summed E-state index contributed by atoms with van der Waals surface area (Å²) in [6.07, 6.45) is 44.5. The predicted molar refractivity (Wildman–Crippen MR) is 190 cm³/mol. The number of rotatable bonds is 34. The second-order valence-electron chi connectivity index (χ2n) is 13.7. The molecule has 2 amide bonds. The van der Waals surface area contributed by atoms with Crippen LogP contribution in [0.2, 0.25) is 0 Å². The van der Waals surface area contributed by atoms with Crippen LogP contribution in [0.4, 0.5) is 4.79 Å². The number of carbonyl (C=O) groups excluding carboxylic acids is 1. The molecule has 3 nitrogen and oxygen atoms in total. The van der Waals surface area contributed by atoms with Crippen molar-refractivity contribution in [2.75, 3.05) is 27.2 Å². The Morgan fingerprint density at radius 3 is 0.667 bits per heavy atom. The van der Waals surface area contributed by atoms with Crippen LogP contribution in [-0.2, 0) is 0 Å². The van der Waals surface area contributed by atoms with Gasteiger partial charge in [0.1, 0.15) is 0 Å². The van der Waals surface area contributed by atoms with E-state index >= 15 is 0 Å². The van der Waals surface area contributed by atoms with Crippen LogP contribution in [0.5, 0.6) is 0 Å². The van der Waals surface area contributed by atoms with E-state index in [2.05, 4.69) is 13.8 Å². The molecule has 252 valence electrons. The van der Waals surface area contributed by atoms with Gasteiger partial charge in [-0.15, -0.1) is 0 Å². The van der Waals surface area contributed by atoms with E-state index in [4.69, 9.17) is 0 Å². The summed E-state index contributed by atoms with van der Waals surface area (Å²) in [4.78, 5) is 16.6. The molecule has 0 heterocycles. The summed E-state index contributed by atoms with van der Waals surface area (Å²) in [5.74, 6) is 0. The molecule has 0 aliphatic rings. The van der Waals surface area contributed by atoms with Crippen LogP contribution in [0.15, 0.2) is 0 Å². The van der Waals surface area contributed by atoms with Crippen LogP contribution in [0, 0.1) is 0 Å². The Morgan fingerprint density at radius 1 is 0.310 bits per heavy atom. The van der Waals surface area contributed by atoms with Crippen LogP contribution < -0.4 is 0 Å². The van der Waals surface area contributed by atoms with Crippen molar-refractivity contribution in [3.63, 3.8) is 0 Å². The molecule has 0 fully saturated rings. The van der Waals surface area contributed by atoms with Gasteiger partial charge < -0.3 is 9.80 Å². The summed E-state index contributed by atoms with van der Waals surface area (Å²) in [5, 5.41) is 0. The predicted octanol–water partition coefficient (Wildman–Crippen LogP) is 13.5. The van der Waals surface area contributed by atoms with Crippen molar-refractivity contribution in [3.05, 3.63) is 0 Å². The first-order valence-electron chi connectivity index (χ1n) is 19.6. The summed E-state index contributed by atoms with van der Waals surface area (Å²) < 4.78 is 0. The Morgan fingerprint density at radius 2 is 0.476 bits per heavy atom. The number of nitrogens with zero attached hydrogens (tertiary/aromatic N) is 2. The van der Waals surface area contributed by atoms with Gasteiger partial charge in [-0.3, -0.25) is 0 Å². The van der Waals surface area contributed by atoms with Gasteiger partial charge in [0.05, 0.1) is 0 Å². The molecule has 0 unspecified atom stereocenters. The van der Waals surface area contributed by atoms with Gasteiger partial charge in [0.25, 0.3) is 0 Å². The van der Waals surface area contributed by atoms with Crippen molar-refractivity contribution in [1.29, 1.82) is 0 Å². The number of amides is 2. The molecule has 3 heteroatoms. The third-order valence-electron chi connectivity index (χ3n) is 9.35. The minimum absolute atomic E-state index is 0.205. The van der Waals surface area contributed by atoms with Crippen molar-refractivity contribution in [3.8, 4) is 0 Å². The Balaban J connectivity index is 3.39. The first-order valence-corrected chi connectivity index (χ1v) is 19.6. The second kappa shape index (κ2) is 34.8. The van der Waals surface area contributed by atoms with Gasteiger partial charge in [0.15, 0.2) is 0 Å². The van der Waals surface area contributed by atoms with Crippen molar-refractivity contribution in [2.24, 2.45) is 0 Å². The molecule has 0 aliphatic carbocycles. The highest BCUT2D eigenvalue weighted by Gasteiger charge is 2.13. The first-order chi connectivity index (χ1) is 20.6. The van der Waals surface area contributed by atoms with E-state index in [9.17, 15) is 4.79 Å². The molecule has 0 radical (unpaired) electrons. The quantitative estimate of drug-likeness (QED) is 0.0682. The highest BCUT2D eigenvalue weighted by Crippen LogP contribution is 2.15. The van der Waals surface area contributed by atoms with Crippen LogP contribution in [0.1, 0.15) is 219 Å². The maximum absolute atomic E-state index is 12.7. The molecule has 0 aromatic heterocycles. The Bertz CT molecular complexity index is 479. The topological polar surface area (TPSA) is 23.6 Å². The lowest BCUT2D eigenvalue weighted by Crippen LogP contribution is -2.39. The normalized spacial score (nSPS) is 11.3. The fraction of sp³-hybridized carbons (Fsp3) is 0.974. The summed E-state index contributed by atoms with van der Waals surface area (Å²) in [7, 11) is 3.97. The molecule has 0 aromatic rings. The third-order valence-corrected chi connectivity index (χ3v) is 9.35. The Labute approximate surface area is 266 Å². The third kappa shape index (κ3) is 30.7. The molecule has 0 saturated heterocycles. The van der Waals surface area contributed by atoms with Crippen LogP contribution in [-0.4, -0.2) is 43.0 Å². The maximum Gasteiger partial charge on any atom is 0.319 e. The molecule has 0 aromatic carbocycles. The van der Waals surface area contributed by atoms with Gasteiger partial charge in [-0.25, -0.2) is 4.79 Å². The molecule has 0 N–H and O–H groups in total. The maximum atomic E-state index is 12.7. The number of urea groups is 1. The summed E-state index contributed by atoms with van der Waals surface area (Å²) >= 11 is 0. The van der Waals surface area contributed by atoms with Crippen LogP contribution in [0.3, 0.4) is 0 Å².